The quantitative estimate of drug-likeness (QED) is 0.414. The Labute approximate surface area is 165 Å². The van der Waals surface area contributed by atoms with E-state index < -0.39 is 11.9 Å². The lowest BCUT2D eigenvalue weighted by molar-refractivity contribution is -0.141. The molecule has 0 bridgehead atoms. The number of fused-ring (bicyclic) bond motifs is 3. The second kappa shape index (κ2) is 8.38. The van der Waals surface area contributed by atoms with Gasteiger partial charge in [0.2, 0.25) is 0 Å². The first kappa shape index (κ1) is 19.8. The van der Waals surface area contributed by atoms with Gasteiger partial charge < -0.3 is 20.9 Å². The zero-order valence-electron chi connectivity index (χ0n) is 15.9. The fourth-order valence-corrected chi connectivity index (χ4v) is 2.93. The molecule has 0 unspecified atom stereocenters. The van der Waals surface area contributed by atoms with Gasteiger partial charge in [-0.1, -0.05) is 18.2 Å². The molecule has 1 amide bonds. The number of aliphatic imine (C=N–C) groups is 1. The number of allylic oxidation sites excluding steroid dienone is 1. The molecule has 0 aliphatic carbocycles. The van der Waals surface area contributed by atoms with E-state index in [9.17, 15) is 14.7 Å². The topological polar surface area (TPSA) is 144 Å². The van der Waals surface area contributed by atoms with Crippen molar-refractivity contribution in [1.82, 2.24) is 19.9 Å². The van der Waals surface area contributed by atoms with Crippen LogP contribution in [0, 0.1) is 0 Å². The molecule has 0 atom stereocenters. The molecule has 0 spiro atoms. The number of esters is 1. The van der Waals surface area contributed by atoms with Gasteiger partial charge in [-0.25, -0.2) is 9.50 Å². The highest BCUT2D eigenvalue weighted by Gasteiger charge is 2.23. The number of pyridine rings is 1. The highest BCUT2D eigenvalue weighted by molar-refractivity contribution is 6.10. The second-order valence-corrected chi connectivity index (χ2v) is 5.94. The standard InChI is InChI=1S/C19H20N6O4/c1-3-29-14(26)9-22-19(28)16-17(27)12-6-4-5-11(13(20)7-8-21-2)15(12)18-23-10-24-25(16)18/h4-8,10,27H,3,9,20H2,1-2H3,(H,22,28)/b13-7-,21-8?. The average molecular weight is 396 g/mol. The summed E-state index contributed by atoms with van der Waals surface area (Å²) in [7, 11) is 1.62. The summed E-state index contributed by atoms with van der Waals surface area (Å²) in [6.07, 6.45) is 4.44. The molecule has 0 radical (unpaired) electrons. The molecule has 2 aromatic heterocycles. The molecule has 2 heterocycles. The molecular formula is C19H20N6O4. The number of aromatic hydroxyl groups is 1. The maximum absolute atomic E-state index is 12.7. The maximum Gasteiger partial charge on any atom is 0.325 e. The summed E-state index contributed by atoms with van der Waals surface area (Å²) in [5.74, 6) is -1.59. The number of aromatic nitrogens is 3. The number of nitrogens with two attached hydrogens (primary N) is 1. The van der Waals surface area contributed by atoms with E-state index in [0.29, 0.717) is 27.7 Å². The van der Waals surface area contributed by atoms with Crippen LogP contribution in [0.5, 0.6) is 5.75 Å². The van der Waals surface area contributed by atoms with Crippen LogP contribution < -0.4 is 11.1 Å². The number of benzene rings is 1. The van der Waals surface area contributed by atoms with Crippen molar-refractivity contribution in [3.8, 4) is 5.75 Å². The third kappa shape index (κ3) is 3.72. The minimum absolute atomic E-state index is 0.149. The van der Waals surface area contributed by atoms with Gasteiger partial charge in [0.05, 0.1) is 6.61 Å². The van der Waals surface area contributed by atoms with Crippen molar-refractivity contribution in [3.63, 3.8) is 0 Å². The van der Waals surface area contributed by atoms with Crippen molar-refractivity contribution in [1.29, 1.82) is 0 Å². The predicted molar refractivity (Wildman–Crippen MR) is 108 cm³/mol. The largest absolute Gasteiger partial charge is 0.505 e. The lowest BCUT2D eigenvalue weighted by atomic mass is 10.0. The van der Waals surface area contributed by atoms with Crippen LogP contribution in [-0.2, 0) is 9.53 Å². The first-order valence-corrected chi connectivity index (χ1v) is 8.79. The third-order valence-corrected chi connectivity index (χ3v) is 4.15. The molecule has 0 aliphatic rings. The molecule has 0 saturated heterocycles. The van der Waals surface area contributed by atoms with Crippen LogP contribution in [0.15, 0.2) is 35.6 Å². The van der Waals surface area contributed by atoms with Crippen LogP contribution >= 0.6 is 0 Å². The van der Waals surface area contributed by atoms with Gasteiger partial charge in [0.25, 0.3) is 5.91 Å². The summed E-state index contributed by atoms with van der Waals surface area (Å²) in [6.45, 7) is 1.52. The number of ether oxygens (including phenoxy) is 1. The maximum atomic E-state index is 12.7. The van der Waals surface area contributed by atoms with Gasteiger partial charge in [-0.3, -0.25) is 14.6 Å². The Balaban J connectivity index is 2.17. The van der Waals surface area contributed by atoms with Crippen molar-refractivity contribution in [2.75, 3.05) is 20.2 Å². The molecule has 0 aliphatic heterocycles. The Bertz CT molecular complexity index is 1150. The number of carbonyl (C=O) groups excluding carboxylic acids is 2. The Morgan fingerprint density at radius 3 is 2.93 bits per heavy atom. The number of nitrogens with zero attached hydrogens (tertiary/aromatic N) is 4. The summed E-state index contributed by atoms with van der Waals surface area (Å²) in [5.41, 5.74) is 7.36. The van der Waals surface area contributed by atoms with Crippen molar-refractivity contribution in [2.45, 2.75) is 6.92 Å². The first-order valence-electron chi connectivity index (χ1n) is 8.79. The summed E-state index contributed by atoms with van der Waals surface area (Å²) in [5, 5.41) is 18.2. The normalized spacial score (nSPS) is 12.0. The van der Waals surface area contributed by atoms with E-state index in [1.54, 1.807) is 44.5 Å². The van der Waals surface area contributed by atoms with E-state index in [1.165, 1.54) is 10.8 Å². The lowest BCUT2D eigenvalue weighted by Gasteiger charge is -2.13. The fourth-order valence-electron chi connectivity index (χ4n) is 2.93. The Hall–Kier alpha value is -3.95. The molecule has 0 saturated carbocycles. The molecule has 0 fully saturated rings. The molecule has 29 heavy (non-hydrogen) atoms. The van der Waals surface area contributed by atoms with Crippen molar-refractivity contribution in [3.05, 3.63) is 41.9 Å². The van der Waals surface area contributed by atoms with Crippen LogP contribution in [0.4, 0.5) is 0 Å². The fraction of sp³-hybridized carbons (Fsp3) is 0.211. The molecule has 10 nitrogen and oxygen atoms in total. The van der Waals surface area contributed by atoms with E-state index >= 15 is 0 Å². The minimum Gasteiger partial charge on any atom is -0.505 e. The lowest BCUT2D eigenvalue weighted by Crippen LogP contribution is -2.32. The van der Waals surface area contributed by atoms with Crippen LogP contribution in [0.1, 0.15) is 23.0 Å². The zero-order chi connectivity index (χ0) is 21.0. The van der Waals surface area contributed by atoms with Crippen LogP contribution in [-0.4, -0.2) is 58.0 Å². The van der Waals surface area contributed by atoms with Crippen LogP contribution in [0.3, 0.4) is 0 Å². The number of amides is 1. The van der Waals surface area contributed by atoms with Crippen molar-refractivity contribution >= 4 is 40.2 Å². The van der Waals surface area contributed by atoms with Gasteiger partial charge in [0, 0.05) is 35.3 Å². The van der Waals surface area contributed by atoms with Gasteiger partial charge in [-0.15, -0.1) is 0 Å². The van der Waals surface area contributed by atoms with Crippen LogP contribution in [0.2, 0.25) is 0 Å². The second-order valence-electron chi connectivity index (χ2n) is 5.94. The number of hydrogen-bond donors (Lipinski definition) is 3. The Morgan fingerprint density at radius 2 is 2.21 bits per heavy atom. The van der Waals surface area contributed by atoms with Gasteiger partial charge in [-0.2, -0.15) is 5.10 Å². The molecular weight excluding hydrogens is 376 g/mol. The van der Waals surface area contributed by atoms with Gasteiger partial charge in [0.15, 0.2) is 17.1 Å². The SMILES string of the molecule is CCOC(=O)CNC(=O)c1c(O)c2cccc(/C(N)=C/C=NC)c2c2ncnn12. The number of hydrogen-bond acceptors (Lipinski definition) is 8. The van der Waals surface area contributed by atoms with E-state index in [-0.39, 0.29) is 24.6 Å². The Morgan fingerprint density at radius 1 is 1.41 bits per heavy atom. The molecule has 3 rings (SSSR count). The van der Waals surface area contributed by atoms with E-state index in [0.717, 1.165) is 0 Å². The van der Waals surface area contributed by atoms with Gasteiger partial charge in [0.1, 0.15) is 12.9 Å². The summed E-state index contributed by atoms with van der Waals surface area (Å²) in [6, 6.07) is 5.12. The van der Waals surface area contributed by atoms with E-state index in [4.69, 9.17) is 10.5 Å². The number of rotatable bonds is 6. The molecule has 10 heteroatoms. The third-order valence-electron chi connectivity index (χ3n) is 4.15. The monoisotopic (exact) mass is 396 g/mol. The summed E-state index contributed by atoms with van der Waals surface area (Å²) in [4.78, 5) is 32.3. The first-order chi connectivity index (χ1) is 14.0. The smallest absolute Gasteiger partial charge is 0.325 e. The summed E-state index contributed by atoms with van der Waals surface area (Å²) >= 11 is 0. The zero-order valence-corrected chi connectivity index (χ0v) is 15.9. The van der Waals surface area contributed by atoms with Crippen LogP contribution in [0.25, 0.3) is 22.1 Å². The average Bonchev–Trinajstić information content (AvgIpc) is 3.19. The molecule has 3 aromatic rings. The minimum atomic E-state index is -0.694. The van der Waals surface area contributed by atoms with Crippen molar-refractivity contribution in [2.24, 2.45) is 10.7 Å². The molecule has 4 N–H and O–H groups in total. The summed E-state index contributed by atoms with van der Waals surface area (Å²) < 4.78 is 6.00. The van der Waals surface area contributed by atoms with E-state index in [1.807, 2.05) is 0 Å². The highest BCUT2D eigenvalue weighted by Crippen LogP contribution is 2.34. The number of nitrogens with one attached hydrogen (secondary N) is 1. The number of carbonyl (C=O) groups is 2. The highest BCUT2D eigenvalue weighted by atomic mass is 16.5. The molecule has 150 valence electrons. The van der Waals surface area contributed by atoms with Gasteiger partial charge >= 0.3 is 5.97 Å². The van der Waals surface area contributed by atoms with E-state index in [2.05, 4.69) is 20.4 Å². The Kier molecular flexibility index (Phi) is 5.72. The molecule has 1 aromatic carbocycles. The predicted octanol–water partition coefficient (Wildman–Crippen LogP) is 0.881. The van der Waals surface area contributed by atoms with Gasteiger partial charge in [-0.05, 0) is 13.0 Å². The van der Waals surface area contributed by atoms with Crippen molar-refractivity contribution < 1.29 is 19.4 Å².